The van der Waals surface area contributed by atoms with Crippen LogP contribution in [-0.4, -0.2) is 17.9 Å². The number of ether oxygens (including phenoxy) is 1. The summed E-state index contributed by atoms with van der Waals surface area (Å²) in [6, 6.07) is 8.94. The van der Waals surface area contributed by atoms with Crippen molar-refractivity contribution in [1.82, 2.24) is 5.32 Å². The number of amides is 1. The zero-order chi connectivity index (χ0) is 16.8. The molecule has 0 radical (unpaired) electrons. The van der Waals surface area contributed by atoms with Gasteiger partial charge in [-0.1, -0.05) is 58.0 Å². The van der Waals surface area contributed by atoms with Gasteiger partial charge in [0, 0.05) is 0 Å². The first-order chi connectivity index (χ1) is 10.2. The van der Waals surface area contributed by atoms with E-state index in [-0.39, 0.29) is 17.8 Å². The Labute approximate surface area is 133 Å². The summed E-state index contributed by atoms with van der Waals surface area (Å²) >= 11 is 0. The van der Waals surface area contributed by atoms with Gasteiger partial charge >= 0.3 is 6.09 Å². The zero-order valence-electron chi connectivity index (χ0n) is 14.2. The van der Waals surface area contributed by atoms with E-state index in [1.54, 1.807) is 0 Å². The number of hydrogen-bond donors (Lipinski definition) is 1. The van der Waals surface area contributed by atoms with E-state index in [0.717, 1.165) is 5.56 Å². The molecule has 0 aromatic heterocycles. The molecule has 0 aliphatic carbocycles. The molecule has 0 fully saturated rings. The molecule has 0 unspecified atom stereocenters. The minimum Gasteiger partial charge on any atom is -0.445 e. The van der Waals surface area contributed by atoms with Gasteiger partial charge in [0.15, 0.2) is 5.78 Å². The lowest BCUT2D eigenvalue weighted by Gasteiger charge is -2.32. The van der Waals surface area contributed by atoms with Gasteiger partial charge in [-0.2, -0.15) is 0 Å². The van der Waals surface area contributed by atoms with Crippen LogP contribution in [0.3, 0.4) is 0 Å². The number of ketones is 1. The number of rotatable bonds is 7. The van der Waals surface area contributed by atoms with Crippen LogP contribution in [0.2, 0.25) is 0 Å². The van der Waals surface area contributed by atoms with Crippen LogP contribution in [0.25, 0.3) is 0 Å². The highest BCUT2D eigenvalue weighted by molar-refractivity contribution is 5.85. The normalized spacial score (nSPS) is 12.8. The fourth-order valence-electron chi connectivity index (χ4n) is 1.97. The highest BCUT2D eigenvalue weighted by Crippen LogP contribution is 2.31. The molecule has 1 atom stereocenters. The first-order valence-electron chi connectivity index (χ1n) is 7.70. The third-order valence-electron chi connectivity index (χ3n) is 4.29. The second kappa shape index (κ2) is 7.97. The van der Waals surface area contributed by atoms with Crippen LogP contribution in [0.15, 0.2) is 30.3 Å². The number of carbonyl (C=O) groups is 2. The van der Waals surface area contributed by atoms with Gasteiger partial charge in [-0.15, -0.1) is 0 Å². The van der Waals surface area contributed by atoms with E-state index < -0.39 is 12.1 Å². The summed E-state index contributed by atoms with van der Waals surface area (Å²) in [6.07, 6.45) is 0.0454. The molecule has 0 bridgehead atoms. The Bertz CT molecular complexity index is 494. The van der Waals surface area contributed by atoms with Crippen molar-refractivity contribution < 1.29 is 14.3 Å². The second-order valence-corrected chi connectivity index (χ2v) is 6.72. The van der Waals surface area contributed by atoms with E-state index in [9.17, 15) is 9.59 Å². The molecule has 0 heterocycles. The van der Waals surface area contributed by atoms with Gasteiger partial charge in [0.1, 0.15) is 6.61 Å². The summed E-state index contributed by atoms with van der Waals surface area (Å²) < 4.78 is 5.18. The number of nitrogens with one attached hydrogen (secondary N) is 1. The largest absolute Gasteiger partial charge is 0.445 e. The molecule has 22 heavy (non-hydrogen) atoms. The van der Waals surface area contributed by atoms with E-state index in [1.165, 1.54) is 6.92 Å². The van der Waals surface area contributed by atoms with Crippen LogP contribution in [-0.2, 0) is 16.1 Å². The minimum absolute atomic E-state index is 0.0386. The van der Waals surface area contributed by atoms with Crippen molar-refractivity contribution in [2.75, 3.05) is 0 Å². The summed E-state index contributed by atoms with van der Waals surface area (Å²) in [7, 11) is 0. The van der Waals surface area contributed by atoms with Crippen LogP contribution < -0.4 is 5.32 Å². The number of Topliss-reactive ketones (excluding diaryl/α,β-unsaturated/α-hetero) is 1. The third-order valence-corrected chi connectivity index (χ3v) is 4.29. The topological polar surface area (TPSA) is 55.4 Å². The van der Waals surface area contributed by atoms with Crippen LogP contribution in [0, 0.1) is 11.3 Å². The van der Waals surface area contributed by atoms with Crippen LogP contribution in [0.5, 0.6) is 0 Å². The van der Waals surface area contributed by atoms with Crippen molar-refractivity contribution in [3.63, 3.8) is 0 Å². The van der Waals surface area contributed by atoms with Crippen molar-refractivity contribution in [3.05, 3.63) is 35.9 Å². The smallest absolute Gasteiger partial charge is 0.408 e. The Morgan fingerprint density at radius 3 is 2.27 bits per heavy atom. The molecule has 1 aromatic carbocycles. The Morgan fingerprint density at radius 2 is 1.77 bits per heavy atom. The SMILES string of the molecule is CC(=O)[C@H](CC(C)(C)C(C)C)NC(=O)OCc1ccccc1. The quantitative estimate of drug-likeness (QED) is 0.830. The molecule has 0 aliphatic heterocycles. The van der Waals surface area contributed by atoms with Crippen LogP contribution >= 0.6 is 0 Å². The fourth-order valence-corrected chi connectivity index (χ4v) is 1.97. The molecular formula is C18H27NO3. The maximum Gasteiger partial charge on any atom is 0.408 e. The monoisotopic (exact) mass is 305 g/mol. The van der Waals surface area contributed by atoms with Crippen molar-refractivity contribution in [2.24, 2.45) is 11.3 Å². The molecule has 0 aliphatic rings. The number of carbonyl (C=O) groups excluding carboxylic acids is 2. The number of alkyl carbamates (subject to hydrolysis) is 1. The Hall–Kier alpha value is -1.84. The molecule has 4 heteroatoms. The summed E-state index contributed by atoms with van der Waals surface area (Å²) in [5, 5.41) is 2.69. The molecule has 1 N–H and O–H groups in total. The summed E-state index contributed by atoms with van der Waals surface area (Å²) in [4.78, 5) is 23.7. The third kappa shape index (κ3) is 5.88. The Kier molecular flexibility index (Phi) is 6.60. The van der Waals surface area contributed by atoms with E-state index >= 15 is 0 Å². The molecule has 4 nitrogen and oxygen atoms in total. The van der Waals surface area contributed by atoms with Gasteiger partial charge in [0.2, 0.25) is 0 Å². The number of benzene rings is 1. The highest BCUT2D eigenvalue weighted by atomic mass is 16.5. The van der Waals surface area contributed by atoms with Crippen LogP contribution in [0.4, 0.5) is 4.79 Å². The Morgan fingerprint density at radius 1 is 1.18 bits per heavy atom. The average Bonchev–Trinajstić information content (AvgIpc) is 2.45. The lowest BCUT2D eigenvalue weighted by molar-refractivity contribution is -0.119. The Balaban J connectivity index is 2.56. The predicted octanol–water partition coefficient (Wildman–Crippen LogP) is 3.94. The van der Waals surface area contributed by atoms with Gasteiger partial charge in [-0.25, -0.2) is 4.79 Å². The zero-order valence-corrected chi connectivity index (χ0v) is 14.2. The lowest BCUT2D eigenvalue weighted by atomic mass is 9.75. The van der Waals surface area contributed by atoms with Gasteiger partial charge in [0.05, 0.1) is 6.04 Å². The predicted molar refractivity (Wildman–Crippen MR) is 87.5 cm³/mol. The van der Waals surface area contributed by atoms with E-state index in [2.05, 4.69) is 33.0 Å². The van der Waals surface area contributed by atoms with E-state index in [4.69, 9.17) is 4.74 Å². The summed E-state index contributed by atoms with van der Waals surface area (Å²) in [5.74, 6) is 0.363. The standard InChI is InChI=1S/C18H27NO3/c1-13(2)18(4,5)11-16(14(3)20)19-17(21)22-12-15-9-7-6-8-10-15/h6-10,13,16H,11-12H2,1-5H3,(H,19,21)/t16-/m0/s1. The molecule has 0 saturated carbocycles. The van der Waals surface area contributed by atoms with Gasteiger partial charge in [-0.05, 0) is 30.2 Å². The van der Waals surface area contributed by atoms with Crippen molar-refractivity contribution in [3.8, 4) is 0 Å². The minimum atomic E-state index is -0.552. The van der Waals surface area contributed by atoms with Gasteiger partial charge in [0.25, 0.3) is 0 Å². The van der Waals surface area contributed by atoms with Crippen molar-refractivity contribution >= 4 is 11.9 Å². The molecule has 0 saturated heterocycles. The second-order valence-electron chi connectivity index (χ2n) is 6.72. The molecular weight excluding hydrogens is 278 g/mol. The van der Waals surface area contributed by atoms with Gasteiger partial charge in [-0.3, -0.25) is 4.79 Å². The van der Waals surface area contributed by atoms with Crippen molar-refractivity contribution in [1.29, 1.82) is 0 Å². The molecule has 1 rings (SSSR count). The molecule has 1 amide bonds. The average molecular weight is 305 g/mol. The highest BCUT2D eigenvalue weighted by Gasteiger charge is 2.30. The lowest BCUT2D eigenvalue weighted by Crippen LogP contribution is -2.43. The van der Waals surface area contributed by atoms with E-state index in [1.807, 2.05) is 30.3 Å². The summed E-state index contributed by atoms with van der Waals surface area (Å²) in [6.45, 7) is 10.1. The molecule has 1 aromatic rings. The van der Waals surface area contributed by atoms with Crippen molar-refractivity contribution in [2.45, 2.75) is 53.7 Å². The first kappa shape index (κ1) is 18.2. The fraction of sp³-hybridized carbons (Fsp3) is 0.556. The summed E-state index contributed by atoms with van der Waals surface area (Å²) in [5.41, 5.74) is 0.878. The van der Waals surface area contributed by atoms with Gasteiger partial charge < -0.3 is 10.1 Å². The number of hydrogen-bond acceptors (Lipinski definition) is 3. The molecule has 0 spiro atoms. The first-order valence-corrected chi connectivity index (χ1v) is 7.70. The molecule has 122 valence electrons. The van der Waals surface area contributed by atoms with Crippen LogP contribution in [0.1, 0.15) is 46.6 Å². The maximum absolute atomic E-state index is 11.9. The maximum atomic E-state index is 11.9. The van der Waals surface area contributed by atoms with E-state index in [0.29, 0.717) is 12.3 Å².